The van der Waals surface area contributed by atoms with E-state index in [1.54, 1.807) is 4.90 Å². The van der Waals surface area contributed by atoms with E-state index < -0.39 is 18.1 Å². The number of likely N-dealkylation sites (tertiary alicyclic amines) is 1. The maximum atomic E-state index is 12.5. The predicted octanol–water partition coefficient (Wildman–Crippen LogP) is -0.348. The topological polar surface area (TPSA) is 84.3 Å². The first-order chi connectivity index (χ1) is 9.43. The molecule has 114 valence electrons. The maximum Gasteiger partial charge on any atom is 0.326 e. The molecule has 0 aromatic rings. The van der Waals surface area contributed by atoms with Gasteiger partial charge in [0, 0.05) is 38.6 Å². The molecule has 7 nitrogen and oxygen atoms in total. The van der Waals surface area contributed by atoms with Gasteiger partial charge in [-0.1, -0.05) is 6.92 Å². The third kappa shape index (κ3) is 2.88. The van der Waals surface area contributed by atoms with Crippen LogP contribution in [0.5, 0.6) is 0 Å². The summed E-state index contributed by atoms with van der Waals surface area (Å²) in [5.74, 6) is -1.05. The van der Waals surface area contributed by atoms with Crippen molar-refractivity contribution in [2.75, 3.05) is 32.7 Å². The summed E-state index contributed by atoms with van der Waals surface area (Å²) in [7, 11) is 0. The quantitative estimate of drug-likeness (QED) is 0.724. The van der Waals surface area contributed by atoms with E-state index in [0.29, 0.717) is 13.1 Å². The summed E-state index contributed by atoms with van der Waals surface area (Å²) in [6.45, 7) is 7.22. The SMILES string of the molecule is CCN1CCN(C(=O)N2CC(O)CC2C(=O)O)CC1C. The van der Waals surface area contributed by atoms with Gasteiger partial charge in [0.15, 0.2) is 0 Å². The van der Waals surface area contributed by atoms with Gasteiger partial charge >= 0.3 is 12.0 Å². The van der Waals surface area contributed by atoms with Gasteiger partial charge in [0.05, 0.1) is 6.10 Å². The van der Waals surface area contributed by atoms with Crippen LogP contribution >= 0.6 is 0 Å². The average molecular weight is 285 g/mol. The van der Waals surface area contributed by atoms with Crippen molar-refractivity contribution in [1.29, 1.82) is 0 Å². The molecular weight excluding hydrogens is 262 g/mol. The van der Waals surface area contributed by atoms with E-state index in [2.05, 4.69) is 18.7 Å². The average Bonchev–Trinajstić information content (AvgIpc) is 2.80. The van der Waals surface area contributed by atoms with Crippen molar-refractivity contribution in [3.8, 4) is 0 Å². The number of aliphatic hydroxyl groups excluding tert-OH is 1. The van der Waals surface area contributed by atoms with E-state index in [-0.39, 0.29) is 25.0 Å². The molecule has 2 N–H and O–H groups in total. The number of urea groups is 1. The molecule has 0 radical (unpaired) electrons. The summed E-state index contributed by atoms with van der Waals surface area (Å²) >= 11 is 0. The van der Waals surface area contributed by atoms with Crippen molar-refractivity contribution in [1.82, 2.24) is 14.7 Å². The van der Waals surface area contributed by atoms with Crippen molar-refractivity contribution in [3.63, 3.8) is 0 Å². The first-order valence-electron chi connectivity index (χ1n) is 7.14. The van der Waals surface area contributed by atoms with E-state index in [0.717, 1.165) is 13.1 Å². The van der Waals surface area contributed by atoms with Crippen molar-refractivity contribution in [2.45, 2.75) is 38.5 Å². The van der Waals surface area contributed by atoms with Crippen LogP contribution in [0.15, 0.2) is 0 Å². The van der Waals surface area contributed by atoms with Crippen LogP contribution in [-0.4, -0.2) is 87.8 Å². The number of carboxylic acids is 1. The van der Waals surface area contributed by atoms with Crippen LogP contribution in [0, 0.1) is 0 Å². The number of aliphatic hydroxyl groups is 1. The van der Waals surface area contributed by atoms with E-state index >= 15 is 0 Å². The van der Waals surface area contributed by atoms with Crippen LogP contribution in [0.2, 0.25) is 0 Å². The summed E-state index contributed by atoms with van der Waals surface area (Å²) in [4.78, 5) is 28.9. The van der Waals surface area contributed by atoms with Gasteiger partial charge in [-0.3, -0.25) is 4.90 Å². The number of hydrogen-bond acceptors (Lipinski definition) is 4. The van der Waals surface area contributed by atoms with E-state index in [1.165, 1.54) is 4.90 Å². The number of carboxylic acid groups (broad SMARTS) is 1. The second kappa shape index (κ2) is 5.97. The lowest BCUT2D eigenvalue weighted by Gasteiger charge is -2.41. The third-order valence-electron chi connectivity index (χ3n) is 4.25. The second-order valence-corrected chi connectivity index (χ2v) is 5.60. The normalized spacial score (nSPS) is 31.6. The second-order valence-electron chi connectivity index (χ2n) is 5.60. The molecule has 2 aliphatic heterocycles. The first kappa shape index (κ1) is 15.1. The van der Waals surface area contributed by atoms with Gasteiger partial charge in [0.25, 0.3) is 0 Å². The van der Waals surface area contributed by atoms with Crippen molar-refractivity contribution >= 4 is 12.0 Å². The number of rotatable bonds is 2. The Kier molecular flexibility index (Phi) is 4.49. The van der Waals surface area contributed by atoms with Gasteiger partial charge in [-0.05, 0) is 13.5 Å². The fraction of sp³-hybridized carbons (Fsp3) is 0.846. The lowest BCUT2D eigenvalue weighted by Crippen LogP contribution is -2.57. The Morgan fingerprint density at radius 1 is 1.25 bits per heavy atom. The molecule has 3 unspecified atom stereocenters. The summed E-state index contributed by atoms with van der Waals surface area (Å²) in [6.07, 6.45) is -0.625. The van der Waals surface area contributed by atoms with E-state index in [9.17, 15) is 14.7 Å². The molecule has 2 rings (SSSR count). The van der Waals surface area contributed by atoms with Crippen LogP contribution in [0.1, 0.15) is 20.3 Å². The number of aliphatic carboxylic acids is 1. The van der Waals surface area contributed by atoms with Gasteiger partial charge < -0.3 is 20.0 Å². The molecule has 0 bridgehead atoms. The highest BCUT2D eigenvalue weighted by Gasteiger charge is 2.41. The van der Waals surface area contributed by atoms with Gasteiger partial charge in [-0.2, -0.15) is 0 Å². The number of piperazine rings is 1. The highest BCUT2D eigenvalue weighted by Crippen LogP contribution is 2.21. The summed E-state index contributed by atoms with van der Waals surface area (Å²) in [5, 5.41) is 18.8. The Morgan fingerprint density at radius 2 is 1.95 bits per heavy atom. The van der Waals surface area contributed by atoms with Crippen LogP contribution in [0.25, 0.3) is 0 Å². The molecule has 0 aromatic carbocycles. The standard InChI is InChI=1S/C13H23N3O4/c1-3-14-4-5-15(7-9(14)2)13(20)16-8-10(17)6-11(16)12(18)19/h9-11,17H,3-8H2,1-2H3,(H,18,19). The van der Waals surface area contributed by atoms with Crippen molar-refractivity contribution in [2.24, 2.45) is 0 Å². The first-order valence-corrected chi connectivity index (χ1v) is 7.14. The van der Waals surface area contributed by atoms with Crippen LogP contribution in [0.3, 0.4) is 0 Å². The number of carbonyl (C=O) groups excluding carboxylic acids is 1. The largest absolute Gasteiger partial charge is 0.480 e. The molecule has 3 atom stereocenters. The van der Waals surface area contributed by atoms with Gasteiger partial charge in [0.1, 0.15) is 6.04 Å². The molecule has 2 fully saturated rings. The smallest absolute Gasteiger partial charge is 0.326 e. The minimum atomic E-state index is -1.05. The number of carbonyl (C=O) groups is 2. The van der Waals surface area contributed by atoms with Gasteiger partial charge in [-0.25, -0.2) is 9.59 Å². The number of β-amino-alcohol motifs (C(OH)–C–C–N with tert-alkyl or cyclic N) is 1. The molecule has 20 heavy (non-hydrogen) atoms. The molecular formula is C13H23N3O4. The molecule has 0 aromatic heterocycles. The fourth-order valence-corrected chi connectivity index (χ4v) is 3.08. The molecule has 0 saturated carbocycles. The van der Waals surface area contributed by atoms with Crippen LogP contribution < -0.4 is 0 Å². The molecule has 0 aliphatic carbocycles. The van der Waals surface area contributed by atoms with Crippen molar-refractivity contribution < 1.29 is 19.8 Å². The minimum absolute atomic E-state index is 0.109. The fourth-order valence-electron chi connectivity index (χ4n) is 3.08. The summed E-state index contributed by atoms with van der Waals surface area (Å²) in [5.41, 5.74) is 0. The van der Waals surface area contributed by atoms with Crippen LogP contribution in [-0.2, 0) is 4.79 Å². The third-order valence-corrected chi connectivity index (χ3v) is 4.25. The lowest BCUT2D eigenvalue weighted by atomic mass is 10.2. The molecule has 0 spiro atoms. The molecule has 2 heterocycles. The Morgan fingerprint density at radius 3 is 2.50 bits per heavy atom. The molecule has 7 heteroatoms. The summed E-state index contributed by atoms with van der Waals surface area (Å²) in [6, 6.07) is -0.901. The monoisotopic (exact) mass is 285 g/mol. The van der Waals surface area contributed by atoms with Gasteiger partial charge in [-0.15, -0.1) is 0 Å². The Labute approximate surface area is 118 Å². The van der Waals surface area contributed by atoms with Gasteiger partial charge in [0.2, 0.25) is 0 Å². The van der Waals surface area contributed by atoms with E-state index in [4.69, 9.17) is 5.11 Å². The zero-order chi connectivity index (χ0) is 14.9. The Hall–Kier alpha value is -1.34. The molecule has 2 aliphatic rings. The summed E-state index contributed by atoms with van der Waals surface area (Å²) < 4.78 is 0. The maximum absolute atomic E-state index is 12.5. The number of likely N-dealkylation sites (N-methyl/N-ethyl adjacent to an activating group) is 1. The van der Waals surface area contributed by atoms with E-state index in [1.807, 2.05) is 0 Å². The predicted molar refractivity (Wildman–Crippen MR) is 72.4 cm³/mol. The molecule has 2 saturated heterocycles. The lowest BCUT2D eigenvalue weighted by molar-refractivity contribution is -0.141. The zero-order valence-electron chi connectivity index (χ0n) is 12.0. The number of amides is 2. The van der Waals surface area contributed by atoms with Crippen LogP contribution in [0.4, 0.5) is 4.79 Å². The minimum Gasteiger partial charge on any atom is -0.480 e. The highest BCUT2D eigenvalue weighted by atomic mass is 16.4. The number of nitrogens with zero attached hydrogens (tertiary/aromatic N) is 3. The Bertz CT molecular complexity index is 390. The highest BCUT2D eigenvalue weighted by molar-refractivity contribution is 5.83. The number of hydrogen-bond donors (Lipinski definition) is 2. The zero-order valence-corrected chi connectivity index (χ0v) is 12.0. The van der Waals surface area contributed by atoms with Crippen molar-refractivity contribution in [3.05, 3.63) is 0 Å². The Balaban J connectivity index is 2.02. The molecule has 2 amide bonds.